The van der Waals surface area contributed by atoms with Crippen molar-refractivity contribution in [3.8, 4) is 5.75 Å². The number of rotatable bonds is 5. The Balaban J connectivity index is 2.16. The van der Waals surface area contributed by atoms with Crippen LogP contribution >= 0.6 is 0 Å². The molecular formula is C15H20N2O3. The highest BCUT2D eigenvalue weighted by Crippen LogP contribution is 2.46. The summed E-state index contributed by atoms with van der Waals surface area (Å²) < 4.78 is 5.31. The van der Waals surface area contributed by atoms with E-state index in [9.17, 15) is 9.59 Å². The largest absolute Gasteiger partial charge is 0.496 e. The Morgan fingerprint density at radius 3 is 2.55 bits per heavy atom. The van der Waals surface area contributed by atoms with Crippen LogP contribution in [0.1, 0.15) is 36.9 Å². The summed E-state index contributed by atoms with van der Waals surface area (Å²) in [5, 5.41) is 2.86. The number of hydrogen-bond donors (Lipinski definition) is 2. The summed E-state index contributed by atoms with van der Waals surface area (Å²) in [6, 6.07) is 5.54. The van der Waals surface area contributed by atoms with E-state index in [-0.39, 0.29) is 11.9 Å². The van der Waals surface area contributed by atoms with Crippen LogP contribution in [0.4, 0.5) is 0 Å². The van der Waals surface area contributed by atoms with Gasteiger partial charge in [0.25, 0.3) is 0 Å². The van der Waals surface area contributed by atoms with Crippen molar-refractivity contribution in [2.24, 2.45) is 11.1 Å². The van der Waals surface area contributed by atoms with E-state index in [4.69, 9.17) is 10.5 Å². The van der Waals surface area contributed by atoms with Crippen LogP contribution in [-0.2, 0) is 9.59 Å². The summed E-state index contributed by atoms with van der Waals surface area (Å²) in [7, 11) is 1.59. The number of ether oxygens (including phenoxy) is 1. The molecule has 1 aliphatic rings. The molecule has 1 aromatic rings. The Hall–Kier alpha value is -2.04. The number of primary amides is 1. The van der Waals surface area contributed by atoms with Gasteiger partial charge in [0.2, 0.25) is 11.8 Å². The summed E-state index contributed by atoms with van der Waals surface area (Å²) in [5.41, 5.74) is 6.28. The van der Waals surface area contributed by atoms with Crippen molar-refractivity contribution in [1.29, 1.82) is 0 Å². The second-order valence-electron chi connectivity index (χ2n) is 5.39. The Labute approximate surface area is 118 Å². The zero-order chi connectivity index (χ0) is 14.9. The number of carbonyl (C=O) groups is 2. The maximum absolute atomic E-state index is 12.2. The van der Waals surface area contributed by atoms with Gasteiger partial charge in [-0.15, -0.1) is 0 Å². The van der Waals surface area contributed by atoms with Crippen molar-refractivity contribution in [1.82, 2.24) is 5.32 Å². The molecule has 1 aliphatic carbocycles. The number of benzene rings is 1. The zero-order valence-electron chi connectivity index (χ0n) is 12.0. The van der Waals surface area contributed by atoms with Crippen LogP contribution in [0, 0.1) is 12.3 Å². The van der Waals surface area contributed by atoms with Crippen LogP contribution in [0.15, 0.2) is 18.2 Å². The minimum Gasteiger partial charge on any atom is -0.496 e. The molecule has 0 heterocycles. The molecule has 0 aliphatic heterocycles. The van der Waals surface area contributed by atoms with Gasteiger partial charge in [-0.25, -0.2) is 0 Å². The molecule has 1 aromatic carbocycles. The van der Waals surface area contributed by atoms with Crippen molar-refractivity contribution in [2.45, 2.75) is 32.7 Å². The number of nitrogens with one attached hydrogen (secondary N) is 1. The van der Waals surface area contributed by atoms with Crippen LogP contribution in [0.3, 0.4) is 0 Å². The highest BCUT2D eigenvalue weighted by atomic mass is 16.5. The van der Waals surface area contributed by atoms with Crippen molar-refractivity contribution < 1.29 is 14.3 Å². The minimum atomic E-state index is -0.995. The van der Waals surface area contributed by atoms with Crippen LogP contribution in [-0.4, -0.2) is 18.9 Å². The molecule has 2 rings (SSSR count). The Kier molecular flexibility index (Phi) is 3.70. The third-order valence-electron chi connectivity index (χ3n) is 3.86. The number of methoxy groups -OCH3 is 1. The average molecular weight is 276 g/mol. The molecule has 0 aromatic heterocycles. The highest BCUT2D eigenvalue weighted by molar-refractivity contribution is 6.07. The Bertz CT molecular complexity index is 550. The first-order valence-electron chi connectivity index (χ1n) is 6.66. The molecule has 20 heavy (non-hydrogen) atoms. The van der Waals surface area contributed by atoms with Gasteiger partial charge >= 0.3 is 0 Å². The standard InChI is InChI=1S/C15H20N2O3/c1-9-4-5-12(20-3)11(8-9)10(2)17-14(19)15(6-7-15)13(16)18/h4-5,8,10H,6-7H2,1-3H3,(H2,16,18)(H,17,19)/t10-/m1/s1. The van der Waals surface area contributed by atoms with Gasteiger partial charge in [0.05, 0.1) is 13.2 Å². The minimum absolute atomic E-state index is 0.242. The van der Waals surface area contributed by atoms with E-state index >= 15 is 0 Å². The second kappa shape index (κ2) is 5.15. The highest BCUT2D eigenvalue weighted by Gasteiger charge is 2.55. The third-order valence-corrected chi connectivity index (χ3v) is 3.86. The van der Waals surface area contributed by atoms with E-state index in [0.717, 1.165) is 11.1 Å². The van der Waals surface area contributed by atoms with Crippen LogP contribution < -0.4 is 15.8 Å². The third kappa shape index (κ3) is 2.48. The second-order valence-corrected chi connectivity index (χ2v) is 5.39. The van der Waals surface area contributed by atoms with E-state index in [1.807, 2.05) is 32.0 Å². The van der Waals surface area contributed by atoms with Crippen LogP contribution in [0.5, 0.6) is 5.75 Å². The number of nitrogens with two attached hydrogens (primary N) is 1. The van der Waals surface area contributed by atoms with Gasteiger partial charge in [-0.3, -0.25) is 9.59 Å². The maximum Gasteiger partial charge on any atom is 0.236 e. The molecule has 2 amide bonds. The number of aryl methyl sites for hydroxylation is 1. The quantitative estimate of drug-likeness (QED) is 0.799. The molecule has 0 radical (unpaired) electrons. The molecule has 1 fully saturated rings. The predicted molar refractivity (Wildman–Crippen MR) is 75.2 cm³/mol. The lowest BCUT2D eigenvalue weighted by atomic mass is 10.0. The molecule has 1 saturated carbocycles. The van der Waals surface area contributed by atoms with Gasteiger partial charge in [0.15, 0.2) is 0 Å². The molecule has 0 spiro atoms. The van der Waals surface area contributed by atoms with Gasteiger partial charge in [-0.1, -0.05) is 17.7 Å². The molecule has 5 nitrogen and oxygen atoms in total. The predicted octanol–water partition coefficient (Wildman–Crippen LogP) is 1.45. The lowest BCUT2D eigenvalue weighted by Crippen LogP contribution is -2.41. The summed E-state index contributed by atoms with van der Waals surface area (Å²) in [6.45, 7) is 3.84. The molecule has 1 atom stereocenters. The fourth-order valence-corrected chi connectivity index (χ4v) is 2.32. The van der Waals surface area contributed by atoms with Crippen molar-refractivity contribution >= 4 is 11.8 Å². The van der Waals surface area contributed by atoms with Gasteiger partial charge in [0.1, 0.15) is 11.2 Å². The zero-order valence-corrected chi connectivity index (χ0v) is 12.0. The fraction of sp³-hybridized carbons (Fsp3) is 0.467. The van der Waals surface area contributed by atoms with E-state index < -0.39 is 11.3 Å². The molecule has 5 heteroatoms. The van der Waals surface area contributed by atoms with E-state index in [1.165, 1.54) is 0 Å². The number of amides is 2. The van der Waals surface area contributed by atoms with Gasteiger partial charge in [0, 0.05) is 5.56 Å². The van der Waals surface area contributed by atoms with Crippen LogP contribution in [0.2, 0.25) is 0 Å². The molecular weight excluding hydrogens is 256 g/mol. The topological polar surface area (TPSA) is 81.4 Å². The molecule has 108 valence electrons. The smallest absolute Gasteiger partial charge is 0.236 e. The van der Waals surface area contributed by atoms with E-state index in [0.29, 0.717) is 18.6 Å². The maximum atomic E-state index is 12.2. The summed E-state index contributed by atoms with van der Waals surface area (Å²) in [4.78, 5) is 23.5. The fourth-order valence-electron chi connectivity index (χ4n) is 2.32. The molecule has 3 N–H and O–H groups in total. The first-order chi connectivity index (χ1) is 9.40. The lowest BCUT2D eigenvalue weighted by molar-refractivity contribution is -0.135. The average Bonchev–Trinajstić information content (AvgIpc) is 3.20. The SMILES string of the molecule is COc1ccc(C)cc1[C@@H](C)NC(=O)C1(C(N)=O)CC1. The van der Waals surface area contributed by atoms with Crippen molar-refractivity contribution in [3.05, 3.63) is 29.3 Å². The van der Waals surface area contributed by atoms with E-state index in [2.05, 4.69) is 5.32 Å². The summed E-state index contributed by atoms with van der Waals surface area (Å²) in [5.74, 6) is -0.119. The summed E-state index contributed by atoms with van der Waals surface area (Å²) >= 11 is 0. The molecule has 0 bridgehead atoms. The monoisotopic (exact) mass is 276 g/mol. The first-order valence-corrected chi connectivity index (χ1v) is 6.66. The summed E-state index contributed by atoms with van der Waals surface area (Å²) in [6.07, 6.45) is 1.07. The van der Waals surface area contributed by atoms with Crippen molar-refractivity contribution in [3.63, 3.8) is 0 Å². The normalized spacial score (nSPS) is 17.1. The van der Waals surface area contributed by atoms with E-state index in [1.54, 1.807) is 7.11 Å². The van der Waals surface area contributed by atoms with Crippen molar-refractivity contribution in [2.75, 3.05) is 7.11 Å². The van der Waals surface area contributed by atoms with Gasteiger partial charge in [-0.2, -0.15) is 0 Å². The van der Waals surface area contributed by atoms with Crippen LogP contribution in [0.25, 0.3) is 0 Å². The number of hydrogen-bond acceptors (Lipinski definition) is 3. The molecule has 0 saturated heterocycles. The van der Waals surface area contributed by atoms with Gasteiger partial charge < -0.3 is 15.8 Å². The molecule has 0 unspecified atom stereocenters. The number of carbonyl (C=O) groups excluding carboxylic acids is 2. The van der Waals surface area contributed by atoms with Gasteiger partial charge in [-0.05, 0) is 32.8 Å². The Morgan fingerprint density at radius 1 is 1.40 bits per heavy atom. The lowest BCUT2D eigenvalue weighted by Gasteiger charge is -2.20. The Morgan fingerprint density at radius 2 is 2.05 bits per heavy atom. The first kappa shape index (κ1) is 14.4.